The predicted molar refractivity (Wildman–Crippen MR) is 79.2 cm³/mol. The third kappa shape index (κ3) is 3.28. The number of hydrogen-bond acceptors (Lipinski definition) is 3. The molecule has 104 valence electrons. The van der Waals surface area contributed by atoms with E-state index in [-0.39, 0.29) is 5.91 Å². The highest BCUT2D eigenvalue weighted by molar-refractivity contribution is 9.10. The van der Waals surface area contributed by atoms with Gasteiger partial charge in [-0.1, -0.05) is 6.07 Å². The van der Waals surface area contributed by atoms with Crippen molar-refractivity contribution in [1.29, 1.82) is 0 Å². The molecular weight excluding hydrogens is 308 g/mol. The molecule has 1 amide bonds. The fourth-order valence-corrected chi connectivity index (χ4v) is 2.88. The Labute approximate surface area is 122 Å². The van der Waals surface area contributed by atoms with E-state index in [1.54, 1.807) is 11.8 Å². The Hall–Kier alpha value is -1.07. The van der Waals surface area contributed by atoms with E-state index in [1.165, 1.54) is 0 Å². The van der Waals surface area contributed by atoms with Gasteiger partial charge in [0.25, 0.3) is 0 Å². The van der Waals surface area contributed by atoms with Gasteiger partial charge in [-0.05, 0) is 47.0 Å². The Morgan fingerprint density at radius 2 is 2.11 bits per heavy atom. The largest absolute Gasteiger partial charge is 0.389 e. The van der Waals surface area contributed by atoms with Crippen LogP contribution in [0.15, 0.2) is 22.7 Å². The first kappa shape index (κ1) is 14.3. The molecule has 0 unspecified atom stereocenters. The van der Waals surface area contributed by atoms with Crippen molar-refractivity contribution in [2.75, 3.05) is 31.6 Å². The molecular formula is C14H19BrN2O2. The van der Waals surface area contributed by atoms with Crippen molar-refractivity contribution in [3.05, 3.63) is 28.2 Å². The fraction of sp³-hybridized carbons (Fsp3) is 0.500. The lowest BCUT2D eigenvalue weighted by atomic mass is 10.1. The van der Waals surface area contributed by atoms with Gasteiger partial charge in [-0.25, -0.2) is 0 Å². The zero-order valence-corrected chi connectivity index (χ0v) is 12.9. The van der Waals surface area contributed by atoms with Gasteiger partial charge < -0.3 is 14.9 Å². The Balaban J connectivity index is 2.24. The van der Waals surface area contributed by atoms with Crippen LogP contribution < -0.4 is 4.90 Å². The van der Waals surface area contributed by atoms with Crippen molar-refractivity contribution >= 4 is 27.5 Å². The van der Waals surface area contributed by atoms with Crippen LogP contribution in [0.5, 0.6) is 0 Å². The van der Waals surface area contributed by atoms with E-state index in [4.69, 9.17) is 0 Å². The van der Waals surface area contributed by atoms with E-state index in [1.807, 2.05) is 25.2 Å². The molecule has 1 aliphatic heterocycles. The molecule has 1 atom stereocenters. The summed E-state index contributed by atoms with van der Waals surface area (Å²) in [4.78, 5) is 15.8. The molecule has 1 aromatic carbocycles. The standard InChI is InChI=1S/C14H19BrN2O2/c1-10(18)11-4-5-13(12(15)8-11)17-7-3-6-16(2)14(19)9-17/h4-5,8,10,18H,3,6-7,9H2,1-2H3/t10-/m0/s1. The van der Waals surface area contributed by atoms with Crippen LogP contribution >= 0.6 is 15.9 Å². The third-order valence-electron chi connectivity index (χ3n) is 3.47. The first-order valence-corrected chi connectivity index (χ1v) is 7.25. The zero-order valence-electron chi connectivity index (χ0n) is 11.3. The molecule has 0 aliphatic carbocycles. The molecule has 1 saturated heterocycles. The number of anilines is 1. The molecule has 1 aliphatic rings. The molecule has 1 aromatic rings. The molecule has 2 rings (SSSR count). The summed E-state index contributed by atoms with van der Waals surface area (Å²) >= 11 is 3.53. The average Bonchev–Trinajstić information content (AvgIpc) is 2.52. The topological polar surface area (TPSA) is 43.8 Å². The molecule has 5 heteroatoms. The van der Waals surface area contributed by atoms with Gasteiger partial charge in [-0.15, -0.1) is 0 Å². The molecule has 0 saturated carbocycles. The number of aliphatic hydroxyl groups is 1. The minimum absolute atomic E-state index is 0.143. The second-order valence-electron chi connectivity index (χ2n) is 4.98. The number of aliphatic hydroxyl groups excluding tert-OH is 1. The number of carbonyl (C=O) groups excluding carboxylic acids is 1. The summed E-state index contributed by atoms with van der Waals surface area (Å²) in [6.45, 7) is 3.82. The molecule has 1 heterocycles. The Morgan fingerprint density at radius 3 is 2.74 bits per heavy atom. The van der Waals surface area contributed by atoms with Crippen LogP contribution in [-0.4, -0.2) is 42.6 Å². The second kappa shape index (κ2) is 5.92. The summed E-state index contributed by atoms with van der Waals surface area (Å²) in [6, 6.07) is 5.79. The Bertz CT molecular complexity index is 477. The summed E-state index contributed by atoms with van der Waals surface area (Å²) in [7, 11) is 1.84. The highest BCUT2D eigenvalue weighted by Crippen LogP contribution is 2.30. The van der Waals surface area contributed by atoms with Gasteiger partial charge in [0.15, 0.2) is 0 Å². The van der Waals surface area contributed by atoms with Gasteiger partial charge >= 0.3 is 0 Å². The average molecular weight is 327 g/mol. The molecule has 1 N–H and O–H groups in total. The van der Waals surface area contributed by atoms with Gasteiger partial charge in [0, 0.05) is 24.6 Å². The fourth-order valence-electron chi connectivity index (χ4n) is 2.23. The maximum absolute atomic E-state index is 11.9. The van der Waals surface area contributed by atoms with Crippen LogP contribution in [0.3, 0.4) is 0 Å². The van der Waals surface area contributed by atoms with Crippen LogP contribution in [0.25, 0.3) is 0 Å². The van der Waals surface area contributed by atoms with Gasteiger partial charge in [0.05, 0.1) is 18.3 Å². The number of halogens is 1. The molecule has 0 aromatic heterocycles. The summed E-state index contributed by atoms with van der Waals surface area (Å²) in [6.07, 6.45) is 0.481. The predicted octanol–water partition coefficient (Wildman–Crippen LogP) is 2.17. The van der Waals surface area contributed by atoms with E-state index in [0.29, 0.717) is 6.54 Å². The Kier molecular flexibility index (Phi) is 4.47. The summed E-state index contributed by atoms with van der Waals surface area (Å²) in [5, 5.41) is 9.58. The molecule has 0 radical (unpaired) electrons. The van der Waals surface area contributed by atoms with Crippen molar-refractivity contribution in [3.8, 4) is 0 Å². The summed E-state index contributed by atoms with van der Waals surface area (Å²) in [5.41, 5.74) is 1.88. The van der Waals surface area contributed by atoms with Crippen molar-refractivity contribution < 1.29 is 9.90 Å². The van der Waals surface area contributed by atoms with E-state index < -0.39 is 6.10 Å². The van der Waals surface area contributed by atoms with E-state index in [9.17, 15) is 9.90 Å². The highest BCUT2D eigenvalue weighted by Gasteiger charge is 2.20. The van der Waals surface area contributed by atoms with Crippen LogP contribution in [0, 0.1) is 0 Å². The van der Waals surface area contributed by atoms with Crippen LogP contribution in [-0.2, 0) is 4.79 Å². The molecule has 4 nitrogen and oxygen atoms in total. The SMILES string of the molecule is C[C@H](O)c1ccc(N2CCCN(C)C(=O)C2)c(Br)c1. The van der Waals surface area contributed by atoms with Crippen molar-refractivity contribution in [2.45, 2.75) is 19.4 Å². The smallest absolute Gasteiger partial charge is 0.241 e. The highest BCUT2D eigenvalue weighted by atomic mass is 79.9. The van der Waals surface area contributed by atoms with E-state index >= 15 is 0 Å². The van der Waals surface area contributed by atoms with Crippen LogP contribution in [0.2, 0.25) is 0 Å². The van der Waals surface area contributed by atoms with Gasteiger partial charge in [0.2, 0.25) is 5.91 Å². The lowest BCUT2D eigenvalue weighted by molar-refractivity contribution is -0.127. The lowest BCUT2D eigenvalue weighted by Crippen LogP contribution is -2.34. The van der Waals surface area contributed by atoms with Gasteiger partial charge in [-0.3, -0.25) is 4.79 Å². The number of benzene rings is 1. The van der Waals surface area contributed by atoms with Crippen molar-refractivity contribution in [1.82, 2.24) is 4.90 Å². The zero-order chi connectivity index (χ0) is 14.0. The van der Waals surface area contributed by atoms with Gasteiger partial charge in [0.1, 0.15) is 0 Å². The van der Waals surface area contributed by atoms with Crippen LogP contribution in [0.1, 0.15) is 25.0 Å². The molecule has 1 fully saturated rings. The minimum atomic E-state index is -0.484. The minimum Gasteiger partial charge on any atom is -0.389 e. The number of carbonyl (C=O) groups is 1. The van der Waals surface area contributed by atoms with Crippen molar-refractivity contribution in [2.24, 2.45) is 0 Å². The quantitative estimate of drug-likeness (QED) is 0.905. The summed E-state index contributed by atoms with van der Waals surface area (Å²) in [5.74, 6) is 0.143. The second-order valence-corrected chi connectivity index (χ2v) is 5.83. The third-order valence-corrected chi connectivity index (χ3v) is 4.10. The number of hydrogen-bond donors (Lipinski definition) is 1. The number of likely N-dealkylation sites (N-methyl/N-ethyl adjacent to an activating group) is 1. The van der Waals surface area contributed by atoms with E-state index in [0.717, 1.165) is 35.2 Å². The maximum Gasteiger partial charge on any atom is 0.241 e. The number of amides is 1. The first-order valence-electron chi connectivity index (χ1n) is 6.45. The number of nitrogens with zero attached hydrogens (tertiary/aromatic N) is 2. The monoisotopic (exact) mass is 326 g/mol. The summed E-state index contributed by atoms with van der Waals surface area (Å²) < 4.78 is 0.920. The normalized spacial score (nSPS) is 18.4. The van der Waals surface area contributed by atoms with Crippen LogP contribution in [0.4, 0.5) is 5.69 Å². The molecule has 0 spiro atoms. The maximum atomic E-state index is 11.9. The molecule has 19 heavy (non-hydrogen) atoms. The molecule has 0 bridgehead atoms. The number of rotatable bonds is 2. The first-order chi connectivity index (χ1) is 8.99. The van der Waals surface area contributed by atoms with Gasteiger partial charge in [-0.2, -0.15) is 0 Å². The van der Waals surface area contributed by atoms with E-state index in [2.05, 4.69) is 20.8 Å². The Morgan fingerprint density at radius 1 is 1.37 bits per heavy atom. The lowest BCUT2D eigenvalue weighted by Gasteiger charge is -2.24. The van der Waals surface area contributed by atoms with Crippen molar-refractivity contribution in [3.63, 3.8) is 0 Å².